The summed E-state index contributed by atoms with van der Waals surface area (Å²) >= 11 is 0. The quantitative estimate of drug-likeness (QED) is 0.541. The van der Waals surface area contributed by atoms with Crippen molar-refractivity contribution >= 4 is 0 Å². The van der Waals surface area contributed by atoms with Crippen LogP contribution in [0.25, 0.3) is 0 Å². The van der Waals surface area contributed by atoms with Gasteiger partial charge in [0.25, 0.3) is 0 Å². The molecule has 1 atom stereocenters. The molecule has 0 aliphatic rings. The molecule has 6 nitrogen and oxygen atoms in total. The predicted molar refractivity (Wildman–Crippen MR) is 107 cm³/mol. The second kappa shape index (κ2) is 8.53. The molecule has 31 heavy (non-hydrogen) atoms. The van der Waals surface area contributed by atoms with Crippen molar-refractivity contribution in [1.29, 1.82) is 5.26 Å². The number of aromatic nitrogens is 1. The molecule has 158 valence electrons. The number of ether oxygens (including phenoxy) is 1. The molecule has 3 rings (SSSR count). The number of aryl methyl sites for hydroxylation is 1. The normalized spacial score (nSPS) is 13.2. The summed E-state index contributed by atoms with van der Waals surface area (Å²) in [6.45, 7) is 0.645. The first-order chi connectivity index (χ1) is 14.8. The number of hydrogen-bond donors (Lipinski definition) is 1. The Morgan fingerprint density at radius 1 is 1.13 bits per heavy atom. The van der Waals surface area contributed by atoms with Crippen LogP contribution in [-0.4, -0.2) is 11.5 Å². The van der Waals surface area contributed by atoms with E-state index >= 15 is 8.78 Å². The average molecular weight is 426 g/mol. The van der Waals surface area contributed by atoms with E-state index in [1.165, 1.54) is 36.4 Å². The Balaban J connectivity index is 1.95. The van der Waals surface area contributed by atoms with Crippen LogP contribution < -0.4 is 10.5 Å². The highest BCUT2D eigenvalue weighted by Crippen LogP contribution is 2.48. The van der Waals surface area contributed by atoms with Crippen molar-refractivity contribution in [3.8, 4) is 17.6 Å². The zero-order chi connectivity index (χ0) is 22.6. The summed E-state index contributed by atoms with van der Waals surface area (Å²) < 4.78 is 50.8. The highest BCUT2D eigenvalue weighted by Gasteiger charge is 2.59. The third-order valence-electron chi connectivity index (χ3n) is 4.82. The van der Waals surface area contributed by atoms with Gasteiger partial charge >= 0.3 is 5.92 Å². The first kappa shape index (κ1) is 21.9. The number of pyridine rings is 1. The molecule has 9 heteroatoms. The maximum atomic E-state index is 15.4. The number of hydrogen-bond acceptors (Lipinski definition) is 6. The number of rotatable bonds is 7. The molecular formula is C22H17F3N4O2. The van der Waals surface area contributed by atoms with Gasteiger partial charge in [-0.3, -0.25) is 4.98 Å². The third-order valence-corrected chi connectivity index (χ3v) is 4.82. The Morgan fingerprint density at radius 3 is 2.32 bits per heavy atom. The molecule has 0 radical (unpaired) electrons. The summed E-state index contributed by atoms with van der Waals surface area (Å²) in [4.78, 5) is 15.3. The van der Waals surface area contributed by atoms with Crippen molar-refractivity contribution in [2.45, 2.75) is 18.4 Å². The first-order valence-electron chi connectivity index (χ1n) is 9.11. The second-order valence-corrected chi connectivity index (χ2v) is 6.83. The molecule has 1 unspecified atom stereocenters. The Labute approximate surface area is 176 Å². The highest BCUT2D eigenvalue weighted by molar-refractivity contribution is 5.39. The molecular weight excluding hydrogens is 409 g/mol. The van der Waals surface area contributed by atoms with Gasteiger partial charge in [-0.25, -0.2) is 4.39 Å². The average Bonchev–Trinajstić information content (AvgIpc) is 2.77. The van der Waals surface area contributed by atoms with Gasteiger partial charge in [0, 0.05) is 12.1 Å². The first-order valence-corrected chi connectivity index (χ1v) is 9.11. The molecule has 0 spiro atoms. The van der Waals surface area contributed by atoms with Gasteiger partial charge in [-0.15, -0.1) is 4.91 Å². The monoisotopic (exact) mass is 426 g/mol. The summed E-state index contributed by atoms with van der Waals surface area (Å²) in [6.07, 6.45) is 1.04. The lowest BCUT2D eigenvalue weighted by Gasteiger charge is -2.33. The molecule has 1 heterocycles. The second-order valence-electron chi connectivity index (χ2n) is 6.83. The van der Waals surface area contributed by atoms with Gasteiger partial charge in [0.15, 0.2) is 0 Å². The highest BCUT2D eigenvalue weighted by atomic mass is 19.3. The van der Waals surface area contributed by atoms with Gasteiger partial charge < -0.3 is 10.5 Å². The lowest BCUT2D eigenvalue weighted by molar-refractivity contribution is -0.0862. The largest absolute Gasteiger partial charge is 0.456 e. The van der Waals surface area contributed by atoms with Gasteiger partial charge in [0.1, 0.15) is 23.0 Å². The predicted octanol–water partition coefficient (Wildman–Crippen LogP) is 4.91. The van der Waals surface area contributed by atoms with Gasteiger partial charge in [-0.2, -0.15) is 14.0 Å². The van der Waals surface area contributed by atoms with E-state index in [-0.39, 0.29) is 5.75 Å². The van der Waals surface area contributed by atoms with Crippen LogP contribution in [0.3, 0.4) is 0 Å². The topological polar surface area (TPSA) is 101 Å². The summed E-state index contributed by atoms with van der Waals surface area (Å²) in [5.74, 6) is -4.51. The minimum absolute atomic E-state index is 0.142. The van der Waals surface area contributed by atoms with Gasteiger partial charge in [-0.1, -0.05) is 12.1 Å². The zero-order valence-corrected chi connectivity index (χ0v) is 16.3. The Morgan fingerprint density at radius 2 is 1.81 bits per heavy atom. The molecule has 3 aromatic rings. The zero-order valence-electron chi connectivity index (χ0n) is 16.3. The molecule has 0 aliphatic carbocycles. The molecule has 0 saturated carbocycles. The van der Waals surface area contributed by atoms with E-state index < -0.39 is 35.1 Å². The van der Waals surface area contributed by atoms with Crippen LogP contribution in [-0.2, 0) is 11.5 Å². The summed E-state index contributed by atoms with van der Waals surface area (Å²) in [6, 6.07) is 13.8. The smallest absolute Gasteiger partial charge is 0.323 e. The van der Waals surface area contributed by atoms with E-state index in [1.807, 2.05) is 6.07 Å². The van der Waals surface area contributed by atoms with Crippen LogP contribution >= 0.6 is 0 Å². The number of nitrogens with zero attached hydrogens (tertiary/aromatic N) is 3. The van der Waals surface area contributed by atoms with Crippen molar-refractivity contribution in [3.05, 3.63) is 93.9 Å². The van der Waals surface area contributed by atoms with Crippen LogP contribution in [0.5, 0.6) is 11.5 Å². The molecule has 2 N–H and O–H groups in total. The number of benzene rings is 2. The molecule has 0 amide bonds. The number of alkyl halides is 2. The standard InChI is InChI=1S/C22H17F3N4O2/c1-14-2-8-18(19(23)10-14)21(13-27,29-30)22(24,25)20-9-7-17(12-28-20)31-16-5-3-15(11-26)4-6-16/h2-10,12H,13,27H2,1H3. The van der Waals surface area contributed by atoms with Crippen molar-refractivity contribution in [1.82, 2.24) is 4.98 Å². The molecule has 0 aliphatic heterocycles. The Hall–Kier alpha value is -3.77. The van der Waals surface area contributed by atoms with E-state index in [0.29, 0.717) is 16.9 Å². The van der Waals surface area contributed by atoms with Crippen LogP contribution in [0, 0.1) is 29.0 Å². The maximum Gasteiger partial charge on any atom is 0.323 e. The van der Waals surface area contributed by atoms with E-state index in [0.717, 1.165) is 24.4 Å². The molecule has 0 bridgehead atoms. The van der Waals surface area contributed by atoms with Crippen LogP contribution in [0.4, 0.5) is 13.2 Å². The van der Waals surface area contributed by atoms with Crippen molar-refractivity contribution in [2.24, 2.45) is 10.9 Å². The van der Waals surface area contributed by atoms with Crippen LogP contribution in [0.15, 0.2) is 66.0 Å². The van der Waals surface area contributed by atoms with Gasteiger partial charge in [-0.05, 0) is 60.1 Å². The van der Waals surface area contributed by atoms with Crippen LogP contribution in [0.2, 0.25) is 0 Å². The number of nitriles is 1. The number of halogens is 3. The summed E-state index contributed by atoms with van der Waals surface area (Å²) in [5.41, 5.74) is 2.14. The van der Waals surface area contributed by atoms with Crippen molar-refractivity contribution in [3.63, 3.8) is 0 Å². The summed E-state index contributed by atoms with van der Waals surface area (Å²) in [5, 5.41) is 11.4. The fourth-order valence-corrected chi connectivity index (χ4v) is 3.08. The molecule has 0 saturated heterocycles. The summed E-state index contributed by atoms with van der Waals surface area (Å²) in [7, 11) is 0. The van der Waals surface area contributed by atoms with Crippen molar-refractivity contribution in [2.75, 3.05) is 6.54 Å². The van der Waals surface area contributed by atoms with E-state index in [1.54, 1.807) is 6.92 Å². The maximum absolute atomic E-state index is 15.4. The lowest BCUT2D eigenvalue weighted by Crippen LogP contribution is -2.48. The fourth-order valence-electron chi connectivity index (χ4n) is 3.08. The Kier molecular flexibility index (Phi) is 6.04. The molecule has 0 fully saturated rings. The molecule has 1 aromatic heterocycles. The van der Waals surface area contributed by atoms with Crippen LogP contribution in [0.1, 0.15) is 22.4 Å². The van der Waals surface area contributed by atoms with E-state index in [4.69, 9.17) is 15.7 Å². The fraction of sp³-hybridized carbons (Fsp3) is 0.182. The van der Waals surface area contributed by atoms with E-state index in [9.17, 15) is 9.30 Å². The SMILES string of the molecule is Cc1ccc(C(CN)(N=O)C(F)(F)c2ccc(Oc3ccc(C#N)cc3)cn2)c(F)c1. The van der Waals surface area contributed by atoms with Gasteiger partial charge in [0.05, 0.1) is 17.8 Å². The minimum Gasteiger partial charge on any atom is -0.456 e. The minimum atomic E-state index is -4.01. The lowest BCUT2D eigenvalue weighted by atomic mass is 9.82. The number of nitroso groups, excluding NO2 is 1. The van der Waals surface area contributed by atoms with Crippen molar-refractivity contribution < 1.29 is 17.9 Å². The number of nitrogens with two attached hydrogens (primary N) is 1. The van der Waals surface area contributed by atoms with E-state index in [2.05, 4.69) is 10.2 Å². The van der Waals surface area contributed by atoms with Gasteiger partial charge in [0.2, 0.25) is 5.54 Å². The molecule has 2 aromatic carbocycles. The third kappa shape index (κ3) is 3.98. The Bertz CT molecular complexity index is 1130.